The van der Waals surface area contributed by atoms with Crippen molar-refractivity contribution in [3.63, 3.8) is 0 Å². The molecule has 5 nitrogen and oxygen atoms in total. The highest BCUT2D eigenvalue weighted by Crippen LogP contribution is 2.26. The van der Waals surface area contributed by atoms with Crippen LogP contribution in [0.4, 0.5) is 11.6 Å². The molecule has 1 saturated heterocycles. The Morgan fingerprint density at radius 1 is 1.33 bits per heavy atom. The molecule has 3 heterocycles. The Labute approximate surface area is 107 Å². The maximum atomic E-state index is 5.89. The van der Waals surface area contributed by atoms with Gasteiger partial charge in [0, 0.05) is 25.0 Å². The molecule has 2 aromatic heterocycles. The quantitative estimate of drug-likeness (QED) is 0.835. The maximum Gasteiger partial charge on any atom is 0.180 e. The lowest BCUT2D eigenvalue weighted by Gasteiger charge is -2.28. The van der Waals surface area contributed by atoms with Gasteiger partial charge in [0.1, 0.15) is 5.82 Å². The summed E-state index contributed by atoms with van der Waals surface area (Å²) in [6.45, 7) is 3.30. The highest BCUT2D eigenvalue weighted by atomic mass is 15.2. The fraction of sp³-hybridized carbons (Fsp3) is 0.538. The van der Waals surface area contributed by atoms with Crippen LogP contribution >= 0.6 is 0 Å². The smallest absolute Gasteiger partial charge is 0.180 e. The third kappa shape index (κ3) is 1.89. The van der Waals surface area contributed by atoms with Crippen LogP contribution in [0.1, 0.15) is 32.6 Å². The minimum atomic E-state index is 0.502. The highest BCUT2D eigenvalue weighted by molar-refractivity contribution is 5.66. The van der Waals surface area contributed by atoms with Gasteiger partial charge in [-0.1, -0.05) is 12.8 Å². The monoisotopic (exact) mass is 245 g/mol. The molecule has 1 fully saturated rings. The Hall–Kier alpha value is -1.78. The Kier molecular flexibility index (Phi) is 2.81. The van der Waals surface area contributed by atoms with Crippen LogP contribution in [0.5, 0.6) is 0 Å². The first-order valence-corrected chi connectivity index (χ1v) is 6.61. The second-order valence-electron chi connectivity index (χ2n) is 5.04. The molecular weight excluding hydrogens is 226 g/mol. The van der Waals surface area contributed by atoms with Crippen molar-refractivity contribution in [2.24, 2.45) is 0 Å². The van der Waals surface area contributed by atoms with Crippen molar-refractivity contribution in [2.75, 3.05) is 17.2 Å². The Balaban J connectivity index is 2.08. The number of hydrogen-bond acceptors (Lipinski definition) is 4. The predicted octanol–water partition coefficient (Wildman–Crippen LogP) is 2.08. The Morgan fingerprint density at radius 2 is 2.22 bits per heavy atom. The number of imidazole rings is 1. The van der Waals surface area contributed by atoms with E-state index in [1.807, 2.05) is 16.8 Å². The van der Waals surface area contributed by atoms with E-state index in [0.29, 0.717) is 11.9 Å². The van der Waals surface area contributed by atoms with Gasteiger partial charge in [0.2, 0.25) is 0 Å². The number of aromatic nitrogens is 3. The molecule has 0 aromatic carbocycles. The fourth-order valence-corrected chi connectivity index (χ4v) is 2.72. The SMILES string of the molecule is CC1CCCCCN1c1nc(N)cn2ccnc12. The summed E-state index contributed by atoms with van der Waals surface area (Å²) in [4.78, 5) is 11.3. The summed E-state index contributed by atoms with van der Waals surface area (Å²) < 4.78 is 1.95. The summed E-state index contributed by atoms with van der Waals surface area (Å²) in [6.07, 6.45) is 10.5. The fourth-order valence-electron chi connectivity index (χ4n) is 2.72. The molecule has 3 rings (SSSR count). The van der Waals surface area contributed by atoms with E-state index >= 15 is 0 Å². The van der Waals surface area contributed by atoms with Crippen molar-refractivity contribution in [3.8, 4) is 0 Å². The molecule has 5 heteroatoms. The van der Waals surface area contributed by atoms with E-state index in [9.17, 15) is 0 Å². The summed E-state index contributed by atoms with van der Waals surface area (Å²) in [7, 11) is 0. The molecule has 0 aliphatic carbocycles. The maximum absolute atomic E-state index is 5.89. The van der Waals surface area contributed by atoms with Crippen LogP contribution in [0.3, 0.4) is 0 Å². The van der Waals surface area contributed by atoms with Crippen LogP contribution in [0, 0.1) is 0 Å². The van der Waals surface area contributed by atoms with Crippen LogP contribution in [0.15, 0.2) is 18.6 Å². The topological polar surface area (TPSA) is 59.5 Å². The van der Waals surface area contributed by atoms with E-state index in [0.717, 1.165) is 18.0 Å². The van der Waals surface area contributed by atoms with Crippen molar-refractivity contribution >= 4 is 17.3 Å². The zero-order valence-corrected chi connectivity index (χ0v) is 10.7. The molecule has 96 valence electrons. The first-order valence-electron chi connectivity index (χ1n) is 6.61. The van der Waals surface area contributed by atoms with Gasteiger partial charge in [0.25, 0.3) is 0 Å². The molecule has 0 saturated carbocycles. The lowest BCUT2D eigenvalue weighted by Crippen LogP contribution is -2.33. The van der Waals surface area contributed by atoms with Gasteiger partial charge in [-0.15, -0.1) is 0 Å². The number of nitrogen functional groups attached to an aromatic ring is 1. The predicted molar refractivity (Wildman–Crippen MR) is 72.7 cm³/mol. The number of nitrogens with zero attached hydrogens (tertiary/aromatic N) is 4. The molecule has 2 aromatic rings. The zero-order chi connectivity index (χ0) is 12.5. The van der Waals surface area contributed by atoms with Gasteiger partial charge >= 0.3 is 0 Å². The average Bonchev–Trinajstić information content (AvgIpc) is 2.70. The van der Waals surface area contributed by atoms with Crippen LogP contribution in [0.2, 0.25) is 0 Å². The standard InChI is InChI=1S/C13H19N5/c1-10-5-3-2-4-7-18(10)13-12-15-6-8-17(12)9-11(14)16-13/h6,8-10H,2-5,7,14H2,1H3. The largest absolute Gasteiger partial charge is 0.382 e. The molecule has 0 amide bonds. The van der Waals surface area contributed by atoms with Crippen molar-refractivity contribution in [1.82, 2.24) is 14.4 Å². The summed E-state index contributed by atoms with van der Waals surface area (Å²) in [5.41, 5.74) is 6.79. The molecular formula is C13H19N5. The summed E-state index contributed by atoms with van der Waals surface area (Å²) in [5.74, 6) is 1.47. The first-order chi connectivity index (χ1) is 8.75. The van der Waals surface area contributed by atoms with E-state index in [1.165, 1.54) is 25.7 Å². The highest BCUT2D eigenvalue weighted by Gasteiger charge is 2.21. The van der Waals surface area contributed by atoms with Crippen LogP contribution < -0.4 is 10.6 Å². The van der Waals surface area contributed by atoms with E-state index < -0.39 is 0 Å². The van der Waals surface area contributed by atoms with Gasteiger partial charge in [0.15, 0.2) is 11.5 Å². The van der Waals surface area contributed by atoms with Crippen LogP contribution in [0.25, 0.3) is 5.65 Å². The number of anilines is 2. The number of nitrogens with two attached hydrogens (primary N) is 1. The lowest BCUT2D eigenvalue weighted by atomic mass is 10.1. The number of hydrogen-bond donors (Lipinski definition) is 1. The normalized spacial score (nSPS) is 21.2. The zero-order valence-electron chi connectivity index (χ0n) is 10.7. The van der Waals surface area contributed by atoms with Gasteiger partial charge in [-0.05, 0) is 19.8 Å². The lowest BCUT2D eigenvalue weighted by molar-refractivity contribution is 0.612. The minimum absolute atomic E-state index is 0.502. The third-order valence-corrected chi connectivity index (χ3v) is 3.70. The van der Waals surface area contributed by atoms with E-state index in [1.54, 1.807) is 6.20 Å². The summed E-state index contributed by atoms with van der Waals surface area (Å²) >= 11 is 0. The number of fused-ring (bicyclic) bond motifs is 1. The second kappa shape index (κ2) is 4.48. The van der Waals surface area contributed by atoms with E-state index in [-0.39, 0.29) is 0 Å². The van der Waals surface area contributed by atoms with Gasteiger partial charge in [-0.3, -0.25) is 0 Å². The van der Waals surface area contributed by atoms with Gasteiger partial charge in [-0.2, -0.15) is 0 Å². The van der Waals surface area contributed by atoms with Crippen molar-refractivity contribution in [3.05, 3.63) is 18.6 Å². The van der Waals surface area contributed by atoms with E-state index in [4.69, 9.17) is 5.73 Å². The molecule has 0 bridgehead atoms. The average molecular weight is 245 g/mol. The van der Waals surface area contributed by atoms with Gasteiger partial charge in [-0.25, -0.2) is 9.97 Å². The Bertz CT molecular complexity index is 547. The molecule has 1 atom stereocenters. The van der Waals surface area contributed by atoms with E-state index in [2.05, 4.69) is 21.8 Å². The molecule has 0 radical (unpaired) electrons. The molecule has 1 unspecified atom stereocenters. The van der Waals surface area contributed by atoms with Crippen molar-refractivity contribution in [2.45, 2.75) is 38.6 Å². The number of rotatable bonds is 1. The summed E-state index contributed by atoms with van der Waals surface area (Å²) in [5, 5.41) is 0. The molecule has 0 spiro atoms. The first kappa shape index (κ1) is 11.3. The minimum Gasteiger partial charge on any atom is -0.382 e. The van der Waals surface area contributed by atoms with Crippen LogP contribution in [-0.4, -0.2) is 27.0 Å². The van der Waals surface area contributed by atoms with Crippen molar-refractivity contribution in [1.29, 1.82) is 0 Å². The summed E-state index contributed by atoms with van der Waals surface area (Å²) in [6, 6.07) is 0.502. The van der Waals surface area contributed by atoms with Gasteiger partial charge < -0.3 is 15.0 Å². The van der Waals surface area contributed by atoms with Crippen molar-refractivity contribution < 1.29 is 0 Å². The van der Waals surface area contributed by atoms with Gasteiger partial charge in [0.05, 0.1) is 6.20 Å². The molecule has 2 N–H and O–H groups in total. The molecule has 1 aliphatic heterocycles. The Morgan fingerprint density at radius 3 is 3.11 bits per heavy atom. The van der Waals surface area contributed by atoms with Crippen LogP contribution in [-0.2, 0) is 0 Å². The molecule has 18 heavy (non-hydrogen) atoms. The third-order valence-electron chi connectivity index (χ3n) is 3.70. The second-order valence-corrected chi connectivity index (χ2v) is 5.04. The molecule has 1 aliphatic rings.